The number of aryl methyl sites for hydroxylation is 1. The molecule has 0 N–H and O–H groups in total. The zero-order valence-corrected chi connectivity index (χ0v) is 16.5. The third kappa shape index (κ3) is 5.91. The molecule has 1 heterocycles. The number of benzene rings is 2. The number of hydrogen-bond acceptors (Lipinski definition) is 5. The van der Waals surface area contributed by atoms with Crippen LogP contribution in [0.2, 0.25) is 0 Å². The predicted octanol–water partition coefficient (Wildman–Crippen LogP) is 2.90. The Morgan fingerprint density at radius 3 is 2.21 bits per heavy atom. The maximum Gasteiger partial charge on any atom is 0.329 e. The average molecular weight is 395 g/mol. The van der Waals surface area contributed by atoms with Crippen LogP contribution in [0.3, 0.4) is 0 Å². The van der Waals surface area contributed by atoms with Gasteiger partial charge in [0.25, 0.3) is 0 Å². The number of carbonyl (C=O) groups excluding carboxylic acids is 3. The first kappa shape index (κ1) is 20.6. The lowest BCUT2D eigenvalue weighted by Crippen LogP contribution is -2.40. The van der Waals surface area contributed by atoms with Gasteiger partial charge in [0, 0.05) is 19.8 Å². The summed E-state index contributed by atoms with van der Waals surface area (Å²) in [5.74, 6) is -1.05. The Bertz CT molecular complexity index is 837. The highest BCUT2D eigenvalue weighted by Crippen LogP contribution is 2.23. The highest BCUT2D eigenvalue weighted by molar-refractivity contribution is 5.84. The molecular formula is C23H25NO5. The van der Waals surface area contributed by atoms with E-state index in [9.17, 15) is 14.4 Å². The summed E-state index contributed by atoms with van der Waals surface area (Å²) in [7, 11) is 0. The molecule has 1 aliphatic rings. The van der Waals surface area contributed by atoms with Crippen LogP contribution in [0, 0.1) is 0 Å². The molecule has 0 spiro atoms. The Morgan fingerprint density at radius 2 is 1.59 bits per heavy atom. The van der Waals surface area contributed by atoms with Gasteiger partial charge in [-0.15, -0.1) is 0 Å². The van der Waals surface area contributed by atoms with Crippen LogP contribution in [-0.4, -0.2) is 41.4 Å². The number of esters is 2. The summed E-state index contributed by atoms with van der Waals surface area (Å²) in [6.07, 6.45) is 0.593. The highest BCUT2D eigenvalue weighted by Gasteiger charge is 2.41. The average Bonchev–Trinajstić information content (AvgIpc) is 3.16. The lowest BCUT2D eigenvalue weighted by molar-refractivity contribution is -0.154. The lowest BCUT2D eigenvalue weighted by Gasteiger charge is -2.21. The summed E-state index contributed by atoms with van der Waals surface area (Å²) in [4.78, 5) is 38.1. The number of carbonyl (C=O) groups is 3. The summed E-state index contributed by atoms with van der Waals surface area (Å²) in [6.45, 7) is 1.75. The van der Waals surface area contributed by atoms with E-state index in [2.05, 4.69) is 0 Å². The Balaban J connectivity index is 1.51. The van der Waals surface area contributed by atoms with Gasteiger partial charge >= 0.3 is 11.9 Å². The fourth-order valence-electron chi connectivity index (χ4n) is 3.42. The van der Waals surface area contributed by atoms with Gasteiger partial charge in [0.2, 0.25) is 5.91 Å². The van der Waals surface area contributed by atoms with Gasteiger partial charge in [0.15, 0.2) is 0 Å². The van der Waals surface area contributed by atoms with E-state index in [1.807, 2.05) is 60.7 Å². The van der Waals surface area contributed by atoms with Crippen LogP contribution in [0.5, 0.6) is 0 Å². The molecule has 2 atom stereocenters. The fourth-order valence-corrected chi connectivity index (χ4v) is 3.42. The Hall–Kier alpha value is -3.15. The summed E-state index contributed by atoms with van der Waals surface area (Å²) in [5, 5.41) is 0. The third-order valence-corrected chi connectivity index (χ3v) is 4.92. The number of rotatable bonds is 7. The van der Waals surface area contributed by atoms with E-state index in [4.69, 9.17) is 9.47 Å². The largest absolute Gasteiger partial charge is 0.460 e. The SMILES string of the molecule is CC(=O)N1C[C@H](OC(=O)CCc2ccccc2)C[C@H]1C(=O)OCc1ccccc1. The van der Waals surface area contributed by atoms with E-state index in [-0.39, 0.29) is 37.9 Å². The van der Waals surface area contributed by atoms with Crippen molar-refractivity contribution in [3.63, 3.8) is 0 Å². The number of ether oxygens (including phenoxy) is 2. The Kier molecular flexibility index (Phi) is 7.00. The molecule has 152 valence electrons. The van der Waals surface area contributed by atoms with Crippen molar-refractivity contribution in [3.05, 3.63) is 71.8 Å². The van der Waals surface area contributed by atoms with Gasteiger partial charge in [-0.1, -0.05) is 60.7 Å². The predicted molar refractivity (Wildman–Crippen MR) is 107 cm³/mol. The standard InChI is InChI=1S/C23H25NO5/c1-17(25)24-15-20(29-22(26)13-12-18-8-4-2-5-9-18)14-21(24)23(27)28-16-19-10-6-3-7-11-19/h2-11,20-21H,12-16H2,1H3/t20-,21+/m1/s1. The van der Waals surface area contributed by atoms with Crippen LogP contribution >= 0.6 is 0 Å². The van der Waals surface area contributed by atoms with Crippen LogP contribution in [-0.2, 0) is 36.9 Å². The molecule has 29 heavy (non-hydrogen) atoms. The molecule has 1 amide bonds. The molecule has 2 aromatic rings. The van der Waals surface area contributed by atoms with E-state index in [0.29, 0.717) is 6.42 Å². The van der Waals surface area contributed by atoms with Gasteiger partial charge < -0.3 is 14.4 Å². The second-order valence-corrected chi connectivity index (χ2v) is 7.11. The zero-order valence-electron chi connectivity index (χ0n) is 16.5. The van der Waals surface area contributed by atoms with Crippen molar-refractivity contribution in [1.82, 2.24) is 4.90 Å². The lowest BCUT2D eigenvalue weighted by atomic mass is 10.1. The number of amides is 1. The smallest absolute Gasteiger partial charge is 0.329 e. The molecule has 1 aliphatic heterocycles. The Morgan fingerprint density at radius 1 is 0.966 bits per heavy atom. The second kappa shape index (κ2) is 9.87. The van der Waals surface area contributed by atoms with Crippen molar-refractivity contribution in [3.8, 4) is 0 Å². The fraction of sp³-hybridized carbons (Fsp3) is 0.348. The molecule has 1 saturated heterocycles. The van der Waals surface area contributed by atoms with E-state index in [1.165, 1.54) is 11.8 Å². The molecule has 2 aromatic carbocycles. The van der Waals surface area contributed by atoms with Gasteiger partial charge in [-0.2, -0.15) is 0 Å². The summed E-state index contributed by atoms with van der Waals surface area (Å²) in [6, 6.07) is 18.3. The molecular weight excluding hydrogens is 370 g/mol. The topological polar surface area (TPSA) is 72.9 Å². The van der Waals surface area contributed by atoms with Crippen molar-refractivity contribution in [1.29, 1.82) is 0 Å². The number of hydrogen-bond donors (Lipinski definition) is 0. The molecule has 0 bridgehead atoms. The van der Waals surface area contributed by atoms with Crippen molar-refractivity contribution in [2.24, 2.45) is 0 Å². The maximum atomic E-state index is 12.5. The first-order valence-corrected chi connectivity index (χ1v) is 9.74. The maximum absolute atomic E-state index is 12.5. The summed E-state index contributed by atoms with van der Waals surface area (Å²) >= 11 is 0. The molecule has 3 rings (SSSR count). The molecule has 0 radical (unpaired) electrons. The van der Waals surface area contributed by atoms with Crippen LogP contribution in [0.4, 0.5) is 0 Å². The van der Waals surface area contributed by atoms with Crippen LogP contribution in [0.15, 0.2) is 60.7 Å². The van der Waals surface area contributed by atoms with E-state index < -0.39 is 18.1 Å². The number of likely N-dealkylation sites (tertiary alicyclic amines) is 1. The molecule has 0 aliphatic carbocycles. The van der Waals surface area contributed by atoms with Crippen LogP contribution in [0.1, 0.15) is 30.9 Å². The van der Waals surface area contributed by atoms with E-state index >= 15 is 0 Å². The monoisotopic (exact) mass is 395 g/mol. The van der Waals surface area contributed by atoms with Crippen molar-refractivity contribution < 1.29 is 23.9 Å². The third-order valence-electron chi connectivity index (χ3n) is 4.92. The molecule has 0 unspecified atom stereocenters. The number of nitrogens with zero attached hydrogens (tertiary/aromatic N) is 1. The minimum atomic E-state index is -0.733. The minimum Gasteiger partial charge on any atom is -0.460 e. The highest BCUT2D eigenvalue weighted by atomic mass is 16.5. The quantitative estimate of drug-likeness (QED) is 0.674. The van der Waals surface area contributed by atoms with E-state index in [0.717, 1.165) is 11.1 Å². The minimum absolute atomic E-state index is 0.142. The summed E-state index contributed by atoms with van der Waals surface area (Å²) in [5.41, 5.74) is 1.93. The molecule has 1 fully saturated rings. The van der Waals surface area contributed by atoms with Crippen LogP contribution < -0.4 is 0 Å². The molecule has 6 heteroatoms. The molecule has 0 aromatic heterocycles. The van der Waals surface area contributed by atoms with Gasteiger partial charge in [0.1, 0.15) is 18.8 Å². The van der Waals surface area contributed by atoms with Gasteiger partial charge in [-0.25, -0.2) is 4.79 Å². The first-order valence-electron chi connectivity index (χ1n) is 9.74. The summed E-state index contributed by atoms with van der Waals surface area (Å²) < 4.78 is 10.9. The normalized spacial score (nSPS) is 18.3. The van der Waals surface area contributed by atoms with Crippen molar-refractivity contribution >= 4 is 17.8 Å². The van der Waals surface area contributed by atoms with Gasteiger partial charge in [0.05, 0.1) is 6.54 Å². The first-order chi connectivity index (χ1) is 14.0. The van der Waals surface area contributed by atoms with Crippen molar-refractivity contribution in [2.75, 3.05) is 6.54 Å². The second-order valence-electron chi connectivity index (χ2n) is 7.11. The van der Waals surface area contributed by atoms with Gasteiger partial charge in [-0.05, 0) is 17.5 Å². The van der Waals surface area contributed by atoms with Crippen molar-refractivity contribution in [2.45, 2.75) is 44.9 Å². The van der Waals surface area contributed by atoms with E-state index in [1.54, 1.807) is 0 Å². The van der Waals surface area contributed by atoms with Crippen LogP contribution in [0.25, 0.3) is 0 Å². The van der Waals surface area contributed by atoms with Gasteiger partial charge in [-0.3, -0.25) is 9.59 Å². The Labute approximate surface area is 170 Å². The molecule has 0 saturated carbocycles. The zero-order chi connectivity index (χ0) is 20.6. The molecule has 6 nitrogen and oxygen atoms in total.